The molecule has 0 atom stereocenters. The first-order valence-corrected chi connectivity index (χ1v) is 8.95. The third-order valence-electron chi connectivity index (χ3n) is 3.91. The topological polar surface area (TPSA) is 41.9 Å². The van der Waals surface area contributed by atoms with Gasteiger partial charge >= 0.3 is 0 Å². The highest BCUT2D eigenvalue weighted by Gasteiger charge is 2.23. The summed E-state index contributed by atoms with van der Waals surface area (Å²) in [6, 6.07) is 16.1. The normalized spacial score (nSPS) is 14.5. The molecule has 124 valence electrons. The fourth-order valence-electron chi connectivity index (χ4n) is 2.60. The van der Waals surface area contributed by atoms with Crippen LogP contribution in [0.25, 0.3) is 0 Å². The van der Waals surface area contributed by atoms with Gasteiger partial charge in [0.05, 0.1) is 17.2 Å². The van der Waals surface area contributed by atoms with E-state index in [1.807, 2.05) is 61.2 Å². The molecule has 4 nitrogen and oxygen atoms in total. The summed E-state index contributed by atoms with van der Waals surface area (Å²) >= 11 is 1.59. The molecule has 0 fully saturated rings. The van der Waals surface area contributed by atoms with Crippen LogP contribution in [0.5, 0.6) is 0 Å². The van der Waals surface area contributed by atoms with E-state index < -0.39 is 0 Å². The van der Waals surface area contributed by atoms with Crippen molar-refractivity contribution in [1.29, 1.82) is 0 Å². The minimum Gasteiger partial charge on any atom is -0.391 e. The number of thioether (sulfide) groups is 1. The summed E-state index contributed by atoms with van der Waals surface area (Å²) in [4.78, 5) is 20.5. The molecule has 0 saturated heterocycles. The van der Waals surface area contributed by atoms with Gasteiger partial charge in [-0.1, -0.05) is 41.6 Å². The van der Waals surface area contributed by atoms with Gasteiger partial charge in [-0.2, -0.15) is 0 Å². The maximum atomic E-state index is 12.0. The number of carbonyl (C=O) groups is 1. The van der Waals surface area contributed by atoms with Crippen LogP contribution in [0, 0.1) is 0 Å². The zero-order chi connectivity index (χ0) is 16.9. The Morgan fingerprint density at radius 3 is 2.79 bits per heavy atom. The maximum absolute atomic E-state index is 12.0. The van der Waals surface area contributed by atoms with Crippen molar-refractivity contribution in [3.05, 3.63) is 59.7 Å². The van der Waals surface area contributed by atoms with Crippen molar-refractivity contribution in [3.63, 3.8) is 0 Å². The number of fused-ring (bicyclic) bond motifs is 1. The summed E-state index contributed by atoms with van der Waals surface area (Å²) in [5.41, 5.74) is 3.82. The molecular weight excluding hydrogens is 320 g/mol. The summed E-state index contributed by atoms with van der Waals surface area (Å²) in [5.74, 6) is 0.662. The molecule has 0 unspecified atom stereocenters. The Morgan fingerprint density at radius 1 is 1.25 bits per heavy atom. The van der Waals surface area contributed by atoms with Crippen molar-refractivity contribution < 1.29 is 9.63 Å². The molecule has 2 aromatic rings. The molecule has 1 heterocycles. The molecule has 1 amide bonds. The first kappa shape index (κ1) is 16.6. The van der Waals surface area contributed by atoms with Crippen LogP contribution >= 0.6 is 11.8 Å². The van der Waals surface area contributed by atoms with Crippen LogP contribution in [0.2, 0.25) is 0 Å². The van der Waals surface area contributed by atoms with Crippen molar-refractivity contribution in [2.24, 2.45) is 5.16 Å². The Kier molecular flexibility index (Phi) is 5.20. The minimum atomic E-state index is 0.155. The second kappa shape index (κ2) is 7.53. The van der Waals surface area contributed by atoms with Crippen LogP contribution in [-0.4, -0.2) is 23.9 Å². The molecule has 1 aliphatic heterocycles. The van der Waals surface area contributed by atoms with E-state index in [1.165, 1.54) is 0 Å². The number of hydrogen-bond acceptors (Lipinski definition) is 4. The fourth-order valence-corrected chi connectivity index (χ4v) is 3.52. The third kappa shape index (κ3) is 3.62. The summed E-state index contributed by atoms with van der Waals surface area (Å²) < 4.78 is 0. The predicted octanol–water partition coefficient (Wildman–Crippen LogP) is 4.09. The van der Waals surface area contributed by atoms with Gasteiger partial charge in [-0.15, -0.1) is 11.8 Å². The Morgan fingerprint density at radius 2 is 2.04 bits per heavy atom. The fraction of sp³-hybridized carbons (Fsp3) is 0.263. The second-order valence-electron chi connectivity index (χ2n) is 5.54. The maximum Gasteiger partial charge on any atom is 0.237 e. The Balaban J connectivity index is 1.75. The average molecular weight is 340 g/mol. The standard InChI is InChI=1S/C19H20N2O2S/c1-3-21-17-11-16(9-10-18(17)24-13-19(21)22)14(2)20-23-12-15-7-5-4-6-8-15/h4-11H,3,12-13H2,1-2H3/b20-14+. The summed E-state index contributed by atoms with van der Waals surface area (Å²) in [6.45, 7) is 5.03. The van der Waals surface area contributed by atoms with E-state index in [0.29, 0.717) is 18.9 Å². The van der Waals surface area contributed by atoms with Crippen LogP contribution in [0.4, 0.5) is 5.69 Å². The van der Waals surface area contributed by atoms with Crippen molar-refractivity contribution >= 4 is 29.1 Å². The predicted molar refractivity (Wildman–Crippen MR) is 98.6 cm³/mol. The summed E-state index contributed by atoms with van der Waals surface area (Å²) in [6.07, 6.45) is 0. The number of carbonyl (C=O) groups excluding carboxylic acids is 1. The van der Waals surface area contributed by atoms with Gasteiger partial charge in [0.25, 0.3) is 0 Å². The Labute approximate surface area is 146 Å². The van der Waals surface area contributed by atoms with Crippen molar-refractivity contribution in [1.82, 2.24) is 0 Å². The zero-order valence-electron chi connectivity index (χ0n) is 13.9. The molecular formula is C19H20N2O2S. The third-order valence-corrected chi connectivity index (χ3v) is 4.96. The molecule has 0 saturated carbocycles. The van der Waals surface area contributed by atoms with Gasteiger partial charge in [0.2, 0.25) is 5.91 Å². The number of amides is 1. The summed E-state index contributed by atoms with van der Waals surface area (Å²) in [5, 5.41) is 4.21. The van der Waals surface area contributed by atoms with Crippen LogP contribution in [0.15, 0.2) is 58.6 Å². The highest BCUT2D eigenvalue weighted by Crippen LogP contribution is 2.35. The van der Waals surface area contributed by atoms with Gasteiger partial charge in [0.15, 0.2) is 0 Å². The molecule has 0 aliphatic carbocycles. The molecule has 2 aromatic carbocycles. The lowest BCUT2D eigenvalue weighted by atomic mass is 10.1. The lowest BCUT2D eigenvalue weighted by Gasteiger charge is -2.28. The van der Waals surface area contributed by atoms with Gasteiger partial charge in [-0.3, -0.25) is 4.79 Å². The SMILES string of the molecule is CCN1C(=O)CSc2ccc(/C(C)=N/OCc3ccccc3)cc21. The first-order valence-electron chi connectivity index (χ1n) is 7.97. The number of nitrogens with zero attached hydrogens (tertiary/aromatic N) is 2. The van der Waals surface area contributed by atoms with Crippen LogP contribution < -0.4 is 4.90 Å². The van der Waals surface area contributed by atoms with E-state index in [1.54, 1.807) is 11.8 Å². The number of benzene rings is 2. The van der Waals surface area contributed by atoms with Crippen LogP contribution in [-0.2, 0) is 16.2 Å². The van der Waals surface area contributed by atoms with Crippen molar-refractivity contribution in [3.8, 4) is 0 Å². The number of rotatable bonds is 5. The molecule has 1 aliphatic rings. The van der Waals surface area contributed by atoms with E-state index in [9.17, 15) is 4.79 Å². The second-order valence-corrected chi connectivity index (χ2v) is 6.56. The van der Waals surface area contributed by atoms with E-state index in [4.69, 9.17) is 4.84 Å². The van der Waals surface area contributed by atoms with E-state index in [2.05, 4.69) is 11.2 Å². The lowest BCUT2D eigenvalue weighted by molar-refractivity contribution is -0.116. The van der Waals surface area contributed by atoms with Gasteiger partial charge < -0.3 is 9.74 Å². The van der Waals surface area contributed by atoms with Crippen LogP contribution in [0.1, 0.15) is 25.0 Å². The Hall–Kier alpha value is -2.27. The highest BCUT2D eigenvalue weighted by molar-refractivity contribution is 8.00. The van der Waals surface area contributed by atoms with Gasteiger partial charge in [0.1, 0.15) is 6.61 Å². The average Bonchev–Trinajstić information content (AvgIpc) is 2.62. The van der Waals surface area contributed by atoms with Crippen molar-refractivity contribution in [2.75, 3.05) is 17.2 Å². The lowest BCUT2D eigenvalue weighted by Crippen LogP contribution is -2.35. The Bertz CT molecular complexity index is 759. The number of hydrogen-bond donors (Lipinski definition) is 0. The van der Waals surface area contributed by atoms with Crippen molar-refractivity contribution in [2.45, 2.75) is 25.3 Å². The van der Waals surface area contributed by atoms with E-state index in [-0.39, 0.29) is 5.91 Å². The zero-order valence-corrected chi connectivity index (χ0v) is 14.7. The quantitative estimate of drug-likeness (QED) is 0.608. The van der Waals surface area contributed by atoms with E-state index >= 15 is 0 Å². The van der Waals surface area contributed by atoms with Gasteiger partial charge in [0, 0.05) is 17.0 Å². The smallest absolute Gasteiger partial charge is 0.237 e. The first-order chi connectivity index (χ1) is 11.7. The highest BCUT2D eigenvalue weighted by atomic mass is 32.2. The number of anilines is 1. The molecule has 3 rings (SSSR count). The van der Waals surface area contributed by atoms with E-state index in [0.717, 1.165) is 27.4 Å². The molecule has 24 heavy (non-hydrogen) atoms. The molecule has 0 radical (unpaired) electrons. The van der Waals surface area contributed by atoms with Gasteiger partial charge in [-0.25, -0.2) is 0 Å². The largest absolute Gasteiger partial charge is 0.391 e. The molecule has 0 N–H and O–H groups in total. The summed E-state index contributed by atoms with van der Waals surface area (Å²) in [7, 11) is 0. The molecule has 0 aromatic heterocycles. The molecule has 0 bridgehead atoms. The monoisotopic (exact) mass is 340 g/mol. The minimum absolute atomic E-state index is 0.155. The van der Waals surface area contributed by atoms with Gasteiger partial charge in [-0.05, 0) is 31.5 Å². The number of oxime groups is 1. The molecule has 5 heteroatoms. The van der Waals surface area contributed by atoms with Crippen LogP contribution in [0.3, 0.4) is 0 Å². The molecule has 0 spiro atoms.